The fraction of sp³-hybridized carbons (Fsp3) is 0.588. The summed E-state index contributed by atoms with van der Waals surface area (Å²) in [5.41, 5.74) is 1.21. The number of halogens is 1. The van der Waals surface area contributed by atoms with Gasteiger partial charge in [-0.3, -0.25) is 4.99 Å². The zero-order valence-corrected chi connectivity index (χ0v) is 17.2. The smallest absolute Gasteiger partial charge is 0.193 e. The number of methoxy groups -OCH3 is 1. The van der Waals surface area contributed by atoms with E-state index in [9.17, 15) is 0 Å². The van der Waals surface area contributed by atoms with Gasteiger partial charge in [0, 0.05) is 58.1 Å². The molecule has 0 spiro atoms. The van der Waals surface area contributed by atoms with Crippen LogP contribution in [0.25, 0.3) is 0 Å². The summed E-state index contributed by atoms with van der Waals surface area (Å²) in [6.07, 6.45) is 0. The molecule has 1 heterocycles. The van der Waals surface area contributed by atoms with Gasteiger partial charge in [-0.05, 0) is 19.1 Å². The van der Waals surface area contributed by atoms with Gasteiger partial charge in [0.2, 0.25) is 0 Å². The van der Waals surface area contributed by atoms with Crippen molar-refractivity contribution in [1.29, 1.82) is 0 Å². The van der Waals surface area contributed by atoms with Gasteiger partial charge < -0.3 is 24.6 Å². The zero-order chi connectivity index (χ0) is 16.5. The zero-order valence-electron chi connectivity index (χ0n) is 14.8. The number of hydrogen-bond acceptors (Lipinski definition) is 4. The van der Waals surface area contributed by atoms with Crippen molar-refractivity contribution in [2.75, 3.05) is 65.0 Å². The SMILES string of the molecule is CCOCCNC(=NC)N1CCN(c2cccc(OC)c2)CC1.I. The number of nitrogens with one attached hydrogen (secondary N) is 1. The summed E-state index contributed by atoms with van der Waals surface area (Å²) >= 11 is 0. The molecule has 1 aromatic carbocycles. The maximum absolute atomic E-state index is 5.36. The van der Waals surface area contributed by atoms with Crippen LogP contribution in [0.2, 0.25) is 0 Å². The highest BCUT2D eigenvalue weighted by molar-refractivity contribution is 14.0. The summed E-state index contributed by atoms with van der Waals surface area (Å²) in [5.74, 6) is 1.85. The molecule has 0 aliphatic carbocycles. The predicted molar refractivity (Wildman–Crippen MR) is 110 cm³/mol. The lowest BCUT2D eigenvalue weighted by Crippen LogP contribution is -2.53. The van der Waals surface area contributed by atoms with E-state index in [1.54, 1.807) is 7.11 Å². The molecule has 0 unspecified atom stereocenters. The van der Waals surface area contributed by atoms with E-state index >= 15 is 0 Å². The Morgan fingerprint density at radius 2 is 2.00 bits per heavy atom. The lowest BCUT2D eigenvalue weighted by molar-refractivity contribution is 0.151. The monoisotopic (exact) mass is 448 g/mol. The van der Waals surface area contributed by atoms with Gasteiger partial charge in [-0.15, -0.1) is 24.0 Å². The fourth-order valence-corrected chi connectivity index (χ4v) is 2.70. The van der Waals surface area contributed by atoms with Crippen molar-refractivity contribution in [3.8, 4) is 5.75 Å². The topological polar surface area (TPSA) is 49.3 Å². The molecule has 1 aliphatic rings. The van der Waals surface area contributed by atoms with E-state index in [1.165, 1.54) is 5.69 Å². The molecule has 1 aromatic rings. The van der Waals surface area contributed by atoms with Crippen molar-refractivity contribution >= 4 is 35.6 Å². The summed E-state index contributed by atoms with van der Waals surface area (Å²) in [4.78, 5) is 9.05. The van der Waals surface area contributed by atoms with E-state index in [0.29, 0.717) is 6.61 Å². The van der Waals surface area contributed by atoms with Gasteiger partial charge in [-0.2, -0.15) is 0 Å². The molecule has 1 N–H and O–H groups in total. The van der Waals surface area contributed by atoms with Gasteiger partial charge >= 0.3 is 0 Å². The maximum Gasteiger partial charge on any atom is 0.193 e. The molecule has 2 rings (SSSR count). The Morgan fingerprint density at radius 1 is 1.25 bits per heavy atom. The van der Waals surface area contributed by atoms with E-state index in [1.807, 2.05) is 26.1 Å². The first kappa shape index (κ1) is 20.8. The first-order valence-corrected chi connectivity index (χ1v) is 8.20. The number of anilines is 1. The van der Waals surface area contributed by atoms with Crippen LogP contribution in [0.4, 0.5) is 5.69 Å². The average molecular weight is 448 g/mol. The first-order chi connectivity index (χ1) is 11.3. The van der Waals surface area contributed by atoms with E-state index in [0.717, 1.165) is 51.0 Å². The quantitative estimate of drug-likeness (QED) is 0.313. The number of guanidine groups is 1. The predicted octanol–water partition coefficient (Wildman–Crippen LogP) is 2.05. The largest absolute Gasteiger partial charge is 0.497 e. The van der Waals surface area contributed by atoms with Crippen LogP contribution in [-0.4, -0.2) is 71.0 Å². The number of benzene rings is 1. The van der Waals surface area contributed by atoms with E-state index in [-0.39, 0.29) is 24.0 Å². The Labute approximate surface area is 162 Å². The molecular weight excluding hydrogens is 419 g/mol. The van der Waals surface area contributed by atoms with Crippen LogP contribution in [-0.2, 0) is 4.74 Å². The van der Waals surface area contributed by atoms with Crippen LogP contribution in [0.15, 0.2) is 29.3 Å². The highest BCUT2D eigenvalue weighted by atomic mass is 127. The maximum atomic E-state index is 5.36. The van der Waals surface area contributed by atoms with Gasteiger partial charge in [0.05, 0.1) is 13.7 Å². The molecular formula is C17H29IN4O2. The third-order valence-electron chi connectivity index (χ3n) is 3.94. The van der Waals surface area contributed by atoms with Gasteiger partial charge in [-0.1, -0.05) is 6.07 Å². The second-order valence-electron chi connectivity index (χ2n) is 5.35. The van der Waals surface area contributed by atoms with Crippen molar-refractivity contribution in [2.24, 2.45) is 4.99 Å². The third-order valence-corrected chi connectivity index (χ3v) is 3.94. The molecule has 24 heavy (non-hydrogen) atoms. The summed E-state index contributed by atoms with van der Waals surface area (Å²) in [6, 6.07) is 8.23. The molecule has 136 valence electrons. The van der Waals surface area contributed by atoms with Crippen LogP contribution < -0.4 is 15.0 Å². The van der Waals surface area contributed by atoms with Crippen LogP contribution in [0, 0.1) is 0 Å². The van der Waals surface area contributed by atoms with Crippen LogP contribution in [0.3, 0.4) is 0 Å². The molecule has 1 aliphatic heterocycles. The highest BCUT2D eigenvalue weighted by Gasteiger charge is 2.19. The van der Waals surface area contributed by atoms with E-state index < -0.39 is 0 Å². The Kier molecular flexibility index (Phi) is 9.85. The van der Waals surface area contributed by atoms with Crippen molar-refractivity contribution in [2.45, 2.75) is 6.92 Å². The molecule has 1 fully saturated rings. The van der Waals surface area contributed by atoms with Gasteiger partial charge in [0.25, 0.3) is 0 Å². The fourth-order valence-electron chi connectivity index (χ4n) is 2.70. The second kappa shape index (κ2) is 11.4. The number of hydrogen-bond donors (Lipinski definition) is 1. The van der Waals surface area contributed by atoms with E-state index in [4.69, 9.17) is 9.47 Å². The Hall–Kier alpha value is -1.22. The molecule has 0 aromatic heterocycles. The minimum atomic E-state index is 0. The molecule has 0 atom stereocenters. The number of aliphatic imine (C=N–C) groups is 1. The Morgan fingerprint density at radius 3 is 2.62 bits per heavy atom. The van der Waals surface area contributed by atoms with Crippen molar-refractivity contribution < 1.29 is 9.47 Å². The van der Waals surface area contributed by atoms with Crippen LogP contribution in [0.1, 0.15) is 6.92 Å². The molecule has 6 nitrogen and oxygen atoms in total. The molecule has 0 amide bonds. The number of ether oxygens (including phenoxy) is 2. The standard InChI is InChI=1S/C17H28N4O2.HI/c1-4-23-13-8-19-17(18-2)21-11-9-20(10-12-21)15-6-5-7-16(14-15)22-3;/h5-7,14H,4,8-13H2,1-3H3,(H,18,19);1H. The van der Waals surface area contributed by atoms with Crippen LogP contribution >= 0.6 is 24.0 Å². The molecule has 0 saturated carbocycles. The molecule has 7 heteroatoms. The van der Waals surface area contributed by atoms with Crippen LogP contribution in [0.5, 0.6) is 5.75 Å². The van der Waals surface area contributed by atoms with Gasteiger partial charge in [0.15, 0.2) is 5.96 Å². The summed E-state index contributed by atoms with van der Waals surface area (Å²) in [6.45, 7) is 8.09. The lowest BCUT2D eigenvalue weighted by Gasteiger charge is -2.37. The van der Waals surface area contributed by atoms with Crippen molar-refractivity contribution in [3.63, 3.8) is 0 Å². The van der Waals surface area contributed by atoms with Crippen molar-refractivity contribution in [1.82, 2.24) is 10.2 Å². The summed E-state index contributed by atoms with van der Waals surface area (Å²) < 4.78 is 10.7. The Balaban J connectivity index is 0.00000288. The van der Waals surface area contributed by atoms with Gasteiger partial charge in [-0.25, -0.2) is 0 Å². The number of nitrogens with zero attached hydrogens (tertiary/aromatic N) is 3. The van der Waals surface area contributed by atoms with E-state index in [2.05, 4.69) is 32.2 Å². The summed E-state index contributed by atoms with van der Waals surface area (Å²) in [7, 11) is 3.53. The average Bonchev–Trinajstić information content (AvgIpc) is 2.62. The number of rotatable bonds is 6. The molecule has 0 radical (unpaired) electrons. The normalized spacial score (nSPS) is 15.0. The highest BCUT2D eigenvalue weighted by Crippen LogP contribution is 2.22. The Bertz CT molecular complexity index is 505. The minimum absolute atomic E-state index is 0. The number of piperazine rings is 1. The van der Waals surface area contributed by atoms with Gasteiger partial charge in [0.1, 0.15) is 5.75 Å². The molecule has 1 saturated heterocycles. The second-order valence-corrected chi connectivity index (χ2v) is 5.35. The first-order valence-electron chi connectivity index (χ1n) is 8.20. The minimum Gasteiger partial charge on any atom is -0.497 e. The summed E-state index contributed by atoms with van der Waals surface area (Å²) in [5, 5.41) is 3.36. The van der Waals surface area contributed by atoms with Crippen molar-refractivity contribution in [3.05, 3.63) is 24.3 Å². The third kappa shape index (κ3) is 6.01. The molecule has 0 bridgehead atoms. The lowest BCUT2D eigenvalue weighted by atomic mass is 10.2.